The summed E-state index contributed by atoms with van der Waals surface area (Å²) in [4.78, 5) is 12.0. The zero-order valence-electron chi connectivity index (χ0n) is 22.7. The number of benzene rings is 3. The molecule has 1 aliphatic rings. The molecular formula is C34H38O3. The van der Waals surface area contributed by atoms with Crippen LogP contribution in [-0.2, 0) is 14.9 Å². The van der Waals surface area contributed by atoms with Crippen molar-refractivity contribution >= 4 is 5.97 Å². The molecular weight excluding hydrogens is 456 g/mol. The summed E-state index contributed by atoms with van der Waals surface area (Å²) < 4.78 is 11.9. The van der Waals surface area contributed by atoms with E-state index in [1.807, 2.05) is 13.0 Å². The van der Waals surface area contributed by atoms with Gasteiger partial charge < -0.3 is 9.47 Å². The fraction of sp³-hybridized carbons (Fsp3) is 0.324. The molecule has 37 heavy (non-hydrogen) atoms. The molecule has 0 bridgehead atoms. The maximum Gasteiger partial charge on any atom is 0.310 e. The fourth-order valence-electron chi connectivity index (χ4n) is 5.06. The lowest BCUT2D eigenvalue weighted by Crippen LogP contribution is -2.34. The lowest BCUT2D eigenvalue weighted by Gasteiger charge is -2.41. The minimum absolute atomic E-state index is 0.0789. The molecule has 192 valence electrons. The first-order valence-corrected chi connectivity index (χ1v) is 13.3. The number of ether oxygens (including phenoxy) is 2. The Kier molecular flexibility index (Phi) is 8.02. The molecule has 3 aromatic rings. The summed E-state index contributed by atoms with van der Waals surface area (Å²) in [5, 5.41) is 0. The van der Waals surface area contributed by atoms with E-state index in [1.165, 1.54) is 22.3 Å². The van der Waals surface area contributed by atoms with Gasteiger partial charge in [-0.25, -0.2) is 0 Å². The first-order chi connectivity index (χ1) is 17.8. The summed E-state index contributed by atoms with van der Waals surface area (Å²) in [5.74, 6) is 1.48. The number of carbonyl (C=O) groups is 1. The first-order valence-electron chi connectivity index (χ1n) is 13.3. The van der Waals surface area contributed by atoms with Gasteiger partial charge in [0.25, 0.3) is 0 Å². The molecule has 0 N–H and O–H groups in total. The standard InChI is InChI=1S/C34H38O3/c1-6-32(35)36-31-23-20-29(24-25(31)3)34(26-14-10-8-11-15-26,27-16-12-9-13-17-27)28-18-21-30(22-19-28)37-33(4,5)7-2/h8-23,25H,6-7,24H2,1-5H3. The Hall–Kier alpha value is -3.59. The molecule has 0 aliphatic heterocycles. The van der Waals surface area contributed by atoms with Crippen molar-refractivity contribution in [3.05, 3.63) is 125 Å². The SMILES string of the molecule is CCC(=O)OC1=CC=C(C(c2ccccc2)(c2ccccc2)c2ccc(OC(C)(C)CC)cc2)CC1C. The Labute approximate surface area is 221 Å². The highest BCUT2D eigenvalue weighted by Crippen LogP contribution is 2.49. The van der Waals surface area contributed by atoms with Gasteiger partial charge >= 0.3 is 5.97 Å². The molecule has 0 amide bonds. The minimum Gasteiger partial charge on any atom is -0.488 e. The van der Waals surface area contributed by atoms with Crippen LogP contribution in [0, 0.1) is 5.92 Å². The zero-order chi connectivity index (χ0) is 26.5. The summed E-state index contributed by atoms with van der Waals surface area (Å²) >= 11 is 0. The molecule has 3 aromatic carbocycles. The molecule has 0 radical (unpaired) electrons. The van der Waals surface area contributed by atoms with Gasteiger partial charge in [0.2, 0.25) is 0 Å². The number of hydrogen-bond acceptors (Lipinski definition) is 3. The van der Waals surface area contributed by atoms with Crippen molar-refractivity contribution in [2.24, 2.45) is 5.92 Å². The maximum absolute atomic E-state index is 12.0. The van der Waals surface area contributed by atoms with Crippen LogP contribution in [0.3, 0.4) is 0 Å². The third-order valence-electron chi connectivity index (χ3n) is 7.41. The molecule has 0 spiro atoms. The predicted octanol–water partition coefficient (Wildman–Crippen LogP) is 8.39. The lowest BCUT2D eigenvalue weighted by atomic mass is 9.62. The number of carbonyl (C=O) groups excluding carboxylic acids is 1. The maximum atomic E-state index is 12.0. The van der Waals surface area contributed by atoms with Crippen molar-refractivity contribution in [3.63, 3.8) is 0 Å². The van der Waals surface area contributed by atoms with Crippen LogP contribution < -0.4 is 4.74 Å². The second-order valence-corrected chi connectivity index (χ2v) is 10.4. The Balaban J connectivity index is 1.92. The van der Waals surface area contributed by atoms with E-state index in [9.17, 15) is 4.79 Å². The predicted molar refractivity (Wildman–Crippen MR) is 151 cm³/mol. The van der Waals surface area contributed by atoms with Crippen LogP contribution in [0.4, 0.5) is 0 Å². The van der Waals surface area contributed by atoms with Gasteiger partial charge in [-0.15, -0.1) is 0 Å². The Morgan fingerprint density at radius 1 is 0.811 bits per heavy atom. The summed E-state index contributed by atoms with van der Waals surface area (Å²) in [7, 11) is 0. The van der Waals surface area contributed by atoms with Gasteiger partial charge in [0.15, 0.2) is 0 Å². The van der Waals surface area contributed by atoms with Crippen LogP contribution in [0.1, 0.15) is 70.6 Å². The summed E-state index contributed by atoms with van der Waals surface area (Å²) in [5.41, 5.74) is 4.10. The van der Waals surface area contributed by atoms with E-state index in [0.717, 1.165) is 24.4 Å². The van der Waals surface area contributed by atoms with Crippen LogP contribution >= 0.6 is 0 Å². The second kappa shape index (κ2) is 11.2. The van der Waals surface area contributed by atoms with Gasteiger partial charge in [-0.3, -0.25) is 4.79 Å². The van der Waals surface area contributed by atoms with Gasteiger partial charge in [0.1, 0.15) is 17.1 Å². The third kappa shape index (κ3) is 5.56. The largest absolute Gasteiger partial charge is 0.488 e. The van der Waals surface area contributed by atoms with Crippen LogP contribution in [0.15, 0.2) is 108 Å². The summed E-state index contributed by atoms with van der Waals surface area (Å²) in [6.07, 6.45) is 6.20. The zero-order valence-corrected chi connectivity index (χ0v) is 22.7. The molecule has 4 rings (SSSR count). The van der Waals surface area contributed by atoms with Crippen LogP contribution in [0.2, 0.25) is 0 Å². The van der Waals surface area contributed by atoms with E-state index in [1.54, 1.807) is 0 Å². The monoisotopic (exact) mass is 494 g/mol. The molecule has 0 fully saturated rings. The van der Waals surface area contributed by atoms with Crippen molar-refractivity contribution in [1.82, 2.24) is 0 Å². The van der Waals surface area contributed by atoms with Crippen molar-refractivity contribution in [2.75, 3.05) is 0 Å². The normalized spacial score (nSPS) is 16.0. The fourth-order valence-corrected chi connectivity index (χ4v) is 5.06. The van der Waals surface area contributed by atoms with Crippen LogP contribution in [0.5, 0.6) is 5.75 Å². The van der Waals surface area contributed by atoms with Gasteiger partial charge in [0, 0.05) is 12.3 Å². The van der Waals surface area contributed by atoms with E-state index >= 15 is 0 Å². The second-order valence-electron chi connectivity index (χ2n) is 10.4. The van der Waals surface area contributed by atoms with Crippen molar-refractivity contribution in [2.45, 2.75) is 64.9 Å². The molecule has 3 heteroatoms. The molecule has 0 aromatic heterocycles. The molecule has 0 saturated carbocycles. The van der Waals surface area contributed by atoms with Crippen molar-refractivity contribution in [3.8, 4) is 5.75 Å². The average molecular weight is 495 g/mol. The van der Waals surface area contributed by atoms with Gasteiger partial charge in [-0.05, 0) is 61.6 Å². The van der Waals surface area contributed by atoms with E-state index < -0.39 is 5.41 Å². The molecule has 0 saturated heterocycles. The highest BCUT2D eigenvalue weighted by atomic mass is 16.5. The number of allylic oxidation sites excluding steroid dienone is 4. The molecule has 1 unspecified atom stereocenters. The number of esters is 1. The first kappa shape index (κ1) is 26.5. The molecule has 3 nitrogen and oxygen atoms in total. The van der Waals surface area contributed by atoms with E-state index in [2.05, 4.69) is 119 Å². The highest BCUT2D eigenvalue weighted by Gasteiger charge is 2.41. The molecule has 0 heterocycles. The molecule has 1 atom stereocenters. The van der Waals surface area contributed by atoms with Gasteiger partial charge in [-0.1, -0.05) is 105 Å². The third-order valence-corrected chi connectivity index (χ3v) is 7.41. The van der Waals surface area contributed by atoms with E-state index in [-0.39, 0.29) is 17.5 Å². The quantitative estimate of drug-likeness (QED) is 0.221. The van der Waals surface area contributed by atoms with Gasteiger partial charge in [0.05, 0.1) is 5.41 Å². The smallest absolute Gasteiger partial charge is 0.310 e. The number of rotatable bonds is 9. The van der Waals surface area contributed by atoms with E-state index in [0.29, 0.717) is 6.42 Å². The van der Waals surface area contributed by atoms with Crippen molar-refractivity contribution in [1.29, 1.82) is 0 Å². The lowest BCUT2D eigenvalue weighted by molar-refractivity contribution is -0.139. The number of hydrogen-bond donors (Lipinski definition) is 0. The topological polar surface area (TPSA) is 35.5 Å². The van der Waals surface area contributed by atoms with E-state index in [4.69, 9.17) is 9.47 Å². The van der Waals surface area contributed by atoms with Crippen molar-refractivity contribution < 1.29 is 14.3 Å². The average Bonchev–Trinajstić information content (AvgIpc) is 2.92. The Bertz CT molecular complexity index is 1210. The molecule has 1 aliphatic carbocycles. The minimum atomic E-state index is -0.508. The van der Waals surface area contributed by atoms with Gasteiger partial charge in [-0.2, -0.15) is 0 Å². The highest BCUT2D eigenvalue weighted by molar-refractivity contribution is 5.70. The Morgan fingerprint density at radius 2 is 1.35 bits per heavy atom. The summed E-state index contributed by atoms with van der Waals surface area (Å²) in [6, 6.07) is 29.9. The Morgan fingerprint density at radius 3 is 1.84 bits per heavy atom. The summed E-state index contributed by atoms with van der Waals surface area (Å²) in [6.45, 7) is 10.3. The van der Waals surface area contributed by atoms with Crippen LogP contribution in [-0.4, -0.2) is 11.6 Å². The van der Waals surface area contributed by atoms with Crippen LogP contribution in [0.25, 0.3) is 0 Å².